The van der Waals surface area contributed by atoms with E-state index in [0.717, 1.165) is 0 Å². The molecule has 1 aromatic carbocycles. The van der Waals surface area contributed by atoms with E-state index >= 15 is 0 Å². The number of nitrogens with zero attached hydrogens (tertiary/aromatic N) is 2. The van der Waals surface area contributed by atoms with Gasteiger partial charge in [-0.1, -0.05) is 0 Å². The summed E-state index contributed by atoms with van der Waals surface area (Å²) in [6, 6.07) is 11.1. The Labute approximate surface area is 154 Å². The first-order valence-electron chi connectivity index (χ1n) is 8.09. The van der Waals surface area contributed by atoms with Crippen LogP contribution in [0.3, 0.4) is 0 Å². The van der Waals surface area contributed by atoms with Gasteiger partial charge in [-0.25, -0.2) is 0 Å². The van der Waals surface area contributed by atoms with Gasteiger partial charge in [0.2, 0.25) is 11.8 Å². The summed E-state index contributed by atoms with van der Waals surface area (Å²) in [5.41, 5.74) is 8.18. The van der Waals surface area contributed by atoms with Crippen LogP contribution in [0, 0.1) is 11.3 Å². The number of nitrogens with one attached hydrogen (secondary N) is 1. The second kappa shape index (κ2) is 6.46. The number of benzene rings is 1. The normalized spacial score (nSPS) is 15.7. The number of furan rings is 1. The third kappa shape index (κ3) is 2.57. The molecule has 136 valence electrons. The van der Waals surface area contributed by atoms with Crippen LogP contribution in [-0.4, -0.2) is 24.4 Å². The number of nitrogens with two attached hydrogens (primary N) is 1. The summed E-state index contributed by atoms with van der Waals surface area (Å²) in [5, 5.41) is 16.9. The molecule has 0 saturated carbocycles. The zero-order valence-electron chi connectivity index (χ0n) is 14.6. The standard InChI is InChI=1S/C19H16N4O4/c1-24-10-5-6-13(25-2)11(8-10)17-16-15(14-4-3-7-26-14)12(9-20)18(21)27-19(16)23-22-17/h3-8,15H,21H2,1-2H3,(H,22,23)/t15-/m1/s1. The number of aromatic nitrogens is 2. The van der Waals surface area contributed by atoms with Gasteiger partial charge in [0.25, 0.3) is 0 Å². The minimum atomic E-state index is -0.557. The van der Waals surface area contributed by atoms with Crippen LogP contribution in [-0.2, 0) is 0 Å². The van der Waals surface area contributed by atoms with Gasteiger partial charge in [-0.3, -0.25) is 5.10 Å². The molecule has 0 amide bonds. The summed E-state index contributed by atoms with van der Waals surface area (Å²) in [7, 11) is 3.16. The van der Waals surface area contributed by atoms with Crippen molar-refractivity contribution in [2.24, 2.45) is 5.73 Å². The van der Waals surface area contributed by atoms with Gasteiger partial charge in [-0.15, -0.1) is 5.10 Å². The molecule has 3 heterocycles. The first kappa shape index (κ1) is 16.6. The monoisotopic (exact) mass is 364 g/mol. The number of ether oxygens (including phenoxy) is 3. The number of fused-ring (bicyclic) bond motifs is 1. The number of hydrogen-bond acceptors (Lipinski definition) is 7. The SMILES string of the molecule is COc1ccc(OC)c(-c2[nH]nc3c2[C@@H](c2ccco2)C(C#N)=C(N)O3)c1. The lowest BCUT2D eigenvalue weighted by Gasteiger charge is -2.22. The molecule has 0 aliphatic carbocycles. The predicted octanol–water partition coefficient (Wildman–Crippen LogP) is 2.91. The molecule has 4 rings (SSSR count). The van der Waals surface area contributed by atoms with Crippen molar-refractivity contribution >= 4 is 0 Å². The molecule has 3 aromatic rings. The minimum absolute atomic E-state index is 0.00190. The maximum atomic E-state index is 9.65. The number of nitriles is 1. The number of rotatable bonds is 4. The number of H-pyrrole nitrogens is 1. The van der Waals surface area contributed by atoms with Crippen LogP contribution >= 0.6 is 0 Å². The lowest BCUT2D eigenvalue weighted by atomic mass is 9.86. The summed E-state index contributed by atoms with van der Waals surface area (Å²) < 4.78 is 22.0. The summed E-state index contributed by atoms with van der Waals surface area (Å²) in [4.78, 5) is 0. The summed E-state index contributed by atoms with van der Waals surface area (Å²) in [5.74, 6) is 1.55. The largest absolute Gasteiger partial charge is 0.497 e. The van der Waals surface area contributed by atoms with Crippen LogP contribution in [0.4, 0.5) is 0 Å². The summed E-state index contributed by atoms with van der Waals surface area (Å²) in [6.07, 6.45) is 1.54. The highest BCUT2D eigenvalue weighted by atomic mass is 16.5. The quantitative estimate of drug-likeness (QED) is 0.730. The molecule has 8 nitrogen and oxygen atoms in total. The van der Waals surface area contributed by atoms with Crippen molar-refractivity contribution in [3.63, 3.8) is 0 Å². The van der Waals surface area contributed by atoms with Crippen LogP contribution in [0.15, 0.2) is 52.5 Å². The Morgan fingerprint density at radius 2 is 2.11 bits per heavy atom. The molecule has 0 radical (unpaired) electrons. The number of methoxy groups -OCH3 is 2. The Balaban J connectivity index is 1.97. The van der Waals surface area contributed by atoms with E-state index in [2.05, 4.69) is 16.3 Å². The van der Waals surface area contributed by atoms with E-state index < -0.39 is 5.92 Å². The first-order chi connectivity index (χ1) is 13.2. The molecule has 8 heteroatoms. The number of aromatic amines is 1. The van der Waals surface area contributed by atoms with Crippen LogP contribution in [0.25, 0.3) is 11.3 Å². The van der Waals surface area contributed by atoms with Gasteiger partial charge < -0.3 is 24.4 Å². The molecule has 0 fully saturated rings. The number of allylic oxidation sites excluding steroid dienone is 1. The van der Waals surface area contributed by atoms with E-state index in [0.29, 0.717) is 34.1 Å². The van der Waals surface area contributed by atoms with E-state index in [9.17, 15) is 5.26 Å². The zero-order valence-corrected chi connectivity index (χ0v) is 14.6. The molecular formula is C19H16N4O4. The molecule has 1 aliphatic heterocycles. The fourth-order valence-corrected chi connectivity index (χ4v) is 3.20. The van der Waals surface area contributed by atoms with Crippen LogP contribution in [0.1, 0.15) is 17.2 Å². The van der Waals surface area contributed by atoms with E-state index in [1.165, 1.54) is 0 Å². The Morgan fingerprint density at radius 1 is 1.26 bits per heavy atom. The molecule has 2 aromatic heterocycles. The lowest BCUT2D eigenvalue weighted by Crippen LogP contribution is -2.20. The maximum absolute atomic E-state index is 9.65. The van der Waals surface area contributed by atoms with Gasteiger partial charge in [0.05, 0.1) is 37.7 Å². The van der Waals surface area contributed by atoms with Crippen molar-refractivity contribution in [3.8, 4) is 34.7 Å². The second-order valence-electron chi connectivity index (χ2n) is 5.82. The van der Waals surface area contributed by atoms with Gasteiger partial charge >= 0.3 is 0 Å². The molecule has 27 heavy (non-hydrogen) atoms. The molecule has 0 unspecified atom stereocenters. The fourth-order valence-electron chi connectivity index (χ4n) is 3.20. The van der Waals surface area contributed by atoms with Gasteiger partial charge in [0, 0.05) is 5.56 Å². The van der Waals surface area contributed by atoms with Gasteiger partial charge in [0.1, 0.15) is 28.9 Å². The third-order valence-electron chi connectivity index (χ3n) is 4.44. The molecule has 1 atom stereocenters. The minimum Gasteiger partial charge on any atom is -0.497 e. The van der Waals surface area contributed by atoms with Gasteiger partial charge in [0.15, 0.2) is 0 Å². The summed E-state index contributed by atoms with van der Waals surface area (Å²) in [6.45, 7) is 0. The number of hydrogen-bond donors (Lipinski definition) is 2. The van der Waals surface area contributed by atoms with Gasteiger partial charge in [-0.05, 0) is 30.3 Å². The molecule has 0 bridgehead atoms. The predicted molar refractivity (Wildman–Crippen MR) is 95.1 cm³/mol. The van der Waals surface area contributed by atoms with Crippen molar-refractivity contribution in [1.29, 1.82) is 5.26 Å². The van der Waals surface area contributed by atoms with E-state index in [-0.39, 0.29) is 17.3 Å². The van der Waals surface area contributed by atoms with Crippen LogP contribution in [0.2, 0.25) is 0 Å². The van der Waals surface area contributed by atoms with Crippen molar-refractivity contribution < 1.29 is 18.6 Å². The van der Waals surface area contributed by atoms with Crippen molar-refractivity contribution in [3.05, 3.63) is 59.4 Å². The smallest absolute Gasteiger partial charge is 0.244 e. The van der Waals surface area contributed by atoms with Crippen molar-refractivity contribution in [2.45, 2.75) is 5.92 Å². The molecule has 1 aliphatic rings. The Hall–Kier alpha value is -3.86. The lowest BCUT2D eigenvalue weighted by molar-refractivity contribution is 0.371. The highest BCUT2D eigenvalue weighted by molar-refractivity contribution is 5.76. The van der Waals surface area contributed by atoms with Crippen molar-refractivity contribution in [1.82, 2.24) is 10.2 Å². The molecule has 0 saturated heterocycles. The van der Waals surface area contributed by atoms with Gasteiger partial charge in [-0.2, -0.15) is 5.26 Å². The Kier molecular flexibility index (Phi) is 3.97. The zero-order chi connectivity index (χ0) is 19.0. The highest BCUT2D eigenvalue weighted by Crippen LogP contribution is 2.47. The molecule has 3 N–H and O–H groups in total. The van der Waals surface area contributed by atoms with Crippen LogP contribution < -0.4 is 19.9 Å². The maximum Gasteiger partial charge on any atom is 0.244 e. The average molecular weight is 364 g/mol. The molecule has 0 spiro atoms. The average Bonchev–Trinajstić information content (AvgIpc) is 3.36. The topological polar surface area (TPSA) is 119 Å². The second-order valence-corrected chi connectivity index (χ2v) is 5.82. The molecular weight excluding hydrogens is 348 g/mol. The van der Waals surface area contributed by atoms with E-state index in [1.807, 2.05) is 6.07 Å². The highest BCUT2D eigenvalue weighted by Gasteiger charge is 2.37. The van der Waals surface area contributed by atoms with E-state index in [1.54, 1.807) is 44.7 Å². The summed E-state index contributed by atoms with van der Waals surface area (Å²) >= 11 is 0. The Bertz CT molecular complexity index is 1060. The fraction of sp³-hybridized carbons (Fsp3) is 0.158. The third-order valence-corrected chi connectivity index (χ3v) is 4.44. The van der Waals surface area contributed by atoms with E-state index in [4.69, 9.17) is 24.4 Å². The van der Waals surface area contributed by atoms with Crippen LogP contribution in [0.5, 0.6) is 17.4 Å². The first-order valence-corrected chi connectivity index (χ1v) is 8.09. The Morgan fingerprint density at radius 3 is 2.78 bits per heavy atom. The van der Waals surface area contributed by atoms with Crippen molar-refractivity contribution in [2.75, 3.05) is 14.2 Å².